The van der Waals surface area contributed by atoms with Gasteiger partial charge in [-0.05, 0) is 36.4 Å². The Bertz CT molecular complexity index is 1000. The van der Waals surface area contributed by atoms with E-state index in [1.54, 1.807) is 11.8 Å². The van der Waals surface area contributed by atoms with Gasteiger partial charge in [0.25, 0.3) is 11.6 Å². The lowest BCUT2D eigenvalue weighted by atomic mass is 10.1. The Hall–Kier alpha value is -3.20. The summed E-state index contributed by atoms with van der Waals surface area (Å²) in [6.07, 6.45) is 0.440. The molecule has 0 fully saturated rings. The Balaban J connectivity index is 1.68. The van der Waals surface area contributed by atoms with Gasteiger partial charge in [-0.2, -0.15) is 0 Å². The average molecular weight is 398 g/mol. The summed E-state index contributed by atoms with van der Waals surface area (Å²) >= 11 is 1.76. The van der Waals surface area contributed by atoms with Crippen LogP contribution in [0.5, 0.6) is 0 Å². The third-order valence-electron chi connectivity index (χ3n) is 4.02. The van der Waals surface area contributed by atoms with E-state index in [1.165, 1.54) is 30.0 Å². The summed E-state index contributed by atoms with van der Waals surface area (Å²) in [5.74, 6) is 0.829. The van der Waals surface area contributed by atoms with Crippen molar-refractivity contribution in [2.24, 2.45) is 0 Å². The number of hydrogen-bond donors (Lipinski definition) is 1. The Kier molecular flexibility index (Phi) is 6.05. The summed E-state index contributed by atoms with van der Waals surface area (Å²) in [5, 5.41) is 21.3. The Morgan fingerprint density at radius 3 is 2.64 bits per heavy atom. The Morgan fingerprint density at radius 2 is 1.96 bits per heavy atom. The minimum Gasteiger partial charge on any atom is -0.407 e. The molecule has 1 amide bonds. The van der Waals surface area contributed by atoms with Gasteiger partial charge in [-0.3, -0.25) is 20.2 Å². The van der Waals surface area contributed by atoms with Crippen LogP contribution in [0.3, 0.4) is 0 Å². The summed E-state index contributed by atoms with van der Waals surface area (Å²) in [5.41, 5.74) is 1.34. The zero-order valence-electron chi connectivity index (χ0n) is 15.3. The lowest BCUT2D eigenvalue weighted by Crippen LogP contribution is -2.14. The van der Waals surface area contributed by atoms with Crippen LogP contribution in [0.2, 0.25) is 0 Å². The first-order chi connectivity index (χ1) is 13.5. The minimum atomic E-state index is -0.544. The van der Waals surface area contributed by atoms with Gasteiger partial charge in [0.2, 0.25) is 5.89 Å². The summed E-state index contributed by atoms with van der Waals surface area (Å²) in [4.78, 5) is 24.1. The molecule has 0 spiro atoms. The highest BCUT2D eigenvalue weighted by Gasteiger charge is 2.19. The largest absolute Gasteiger partial charge is 0.407 e. The van der Waals surface area contributed by atoms with Crippen LogP contribution in [-0.4, -0.2) is 26.8 Å². The second kappa shape index (κ2) is 8.66. The monoisotopic (exact) mass is 398 g/mol. The number of carbonyl (C=O) groups is 1. The van der Waals surface area contributed by atoms with Crippen LogP contribution in [0.15, 0.2) is 51.8 Å². The van der Waals surface area contributed by atoms with E-state index < -0.39 is 10.8 Å². The fraction of sp³-hybridized carbons (Fsp3) is 0.211. The molecule has 28 heavy (non-hydrogen) atoms. The van der Waals surface area contributed by atoms with Gasteiger partial charge in [0.15, 0.2) is 0 Å². The summed E-state index contributed by atoms with van der Waals surface area (Å²) < 4.78 is 5.48. The van der Waals surface area contributed by atoms with Crippen LogP contribution in [0.1, 0.15) is 34.3 Å². The molecule has 0 aliphatic carbocycles. The van der Waals surface area contributed by atoms with Crippen LogP contribution >= 0.6 is 11.8 Å². The van der Waals surface area contributed by atoms with E-state index in [4.69, 9.17) is 4.42 Å². The number of nitrogens with zero attached hydrogens (tertiary/aromatic N) is 3. The fourth-order valence-electron chi connectivity index (χ4n) is 2.65. The number of hydrogen-bond acceptors (Lipinski definition) is 7. The van der Waals surface area contributed by atoms with E-state index in [0.29, 0.717) is 12.3 Å². The van der Waals surface area contributed by atoms with Gasteiger partial charge in [-0.15, -0.1) is 16.9 Å². The number of anilines is 1. The zero-order chi connectivity index (χ0) is 20.1. The van der Waals surface area contributed by atoms with E-state index in [0.717, 1.165) is 11.3 Å². The number of thioether (sulfide) groups is 1. The molecule has 0 saturated carbocycles. The lowest BCUT2D eigenvalue weighted by molar-refractivity contribution is -0.385. The van der Waals surface area contributed by atoms with Gasteiger partial charge in [0.05, 0.1) is 11.3 Å². The molecule has 0 unspecified atom stereocenters. The van der Waals surface area contributed by atoms with Crippen LogP contribution in [0.4, 0.5) is 11.7 Å². The lowest BCUT2D eigenvalue weighted by Gasteiger charge is -2.05. The normalized spacial score (nSPS) is 10.6. The minimum absolute atomic E-state index is 0.0518. The second-order valence-electron chi connectivity index (χ2n) is 5.92. The first-order valence-corrected chi connectivity index (χ1v) is 9.56. The van der Waals surface area contributed by atoms with Crippen LogP contribution in [0.25, 0.3) is 0 Å². The molecule has 144 valence electrons. The molecular formula is C19H18N4O4S. The predicted octanol–water partition coefficient (Wildman–Crippen LogP) is 4.24. The van der Waals surface area contributed by atoms with Crippen molar-refractivity contribution < 1.29 is 14.1 Å². The van der Waals surface area contributed by atoms with Gasteiger partial charge >= 0.3 is 6.01 Å². The maximum Gasteiger partial charge on any atom is 0.322 e. The van der Waals surface area contributed by atoms with Crippen LogP contribution in [-0.2, 0) is 6.42 Å². The molecule has 0 aliphatic heterocycles. The van der Waals surface area contributed by atoms with Crippen molar-refractivity contribution in [3.63, 3.8) is 0 Å². The van der Waals surface area contributed by atoms with Crippen molar-refractivity contribution >= 4 is 29.4 Å². The average Bonchev–Trinajstić information content (AvgIpc) is 3.10. The van der Waals surface area contributed by atoms with Crippen molar-refractivity contribution in [1.29, 1.82) is 0 Å². The fourth-order valence-corrected chi connectivity index (χ4v) is 3.31. The number of carbonyl (C=O) groups excluding carboxylic acids is 1. The number of amides is 1. The molecule has 1 heterocycles. The molecular weight excluding hydrogens is 380 g/mol. The number of rotatable bonds is 7. The second-order valence-corrected chi connectivity index (χ2v) is 7.25. The van der Waals surface area contributed by atoms with E-state index in [-0.39, 0.29) is 22.8 Å². The van der Waals surface area contributed by atoms with E-state index in [9.17, 15) is 14.9 Å². The maximum atomic E-state index is 12.4. The van der Waals surface area contributed by atoms with Crippen molar-refractivity contribution in [3.8, 4) is 0 Å². The highest BCUT2D eigenvalue weighted by molar-refractivity contribution is 7.99. The molecule has 8 nitrogen and oxygen atoms in total. The number of nitrogens with one attached hydrogen (secondary N) is 1. The Morgan fingerprint density at radius 1 is 1.21 bits per heavy atom. The number of aromatic nitrogens is 2. The third-order valence-corrected chi connectivity index (χ3v) is 4.92. The maximum absolute atomic E-state index is 12.4. The SMILES string of the molecule is CCSc1ccc(Cc2nnc(NC(=O)c3cccc([N+](=O)[O-])c3C)o2)cc1. The summed E-state index contributed by atoms with van der Waals surface area (Å²) in [6, 6.07) is 12.3. The molecule has 0 atom stereocenters. The van der Waals surface area contributed by atoms with Crippen molar-refractivity contribution in [1.82, 2.24) is 10.2 Å². The number of nitro benzene ring substituents is 1. The van der Waals surface area contributed by atoms with Gasteiger partial charge < -0.3 is 4.42 Å². The van der Waals surface area contributed by atoms with E-state index in [2.05, 4.69) is 22.4 Å². The van der Waals surface area contributed by atoms with Crippen LogP contribution < -0.4 is 5.32 Å². The summed E-state index contributed by atoms with van der Waals surface area (Å²) in [6.45, 7) is 3.62. The quantitative estimate of drug-likeness (QED) is 0.360. The molecule has 0 saturated heterocycles. The molecule has 0 bridgehead atoms. The topological polar surface area (TPSA) is 111 Å². The molecule has 2 aromatic carbocycles. The van der Waals surface area contributed by atoms with E-state index in [1.807, 2.05) is 24.3 Å². The third kappa shape index (κ3) is 4.55. The molecule has 3 rings (SSSR count). The van der Waals surface area contributed by atoms with Crippen molar-refractivity contribution in [2.75, 3.05) is 11.1 Å². The predicted molar refractivity (Wildman–Crippen MR) is 106 cm³/mol. The van der Waals surface area contributed by atoms with E-state index >= 15 is 0 Å². The molecule has 1 aromatic heterocycles. The molecule has 0 aliphatic rings. The van der Waals surface area contributed by atoms with Gasteiger partial charge in [0.1, 0.15) is 0 Å². The van der Waals surface area contributed by atoms with Crippen molar-refractivity contribution in [3.05, 3.63) is 75.2 Å². The molecule has 0 radical (unpaired) electrons. The van der Waals surface area contributed by atoms with Gasteiger partial charge in [-0.1, -0.05) is 30.2 Å². The van der Waals surface area contributed by atoms with Crippen LogP contribution in [0, 0.1) is 17.0 Å². The first kappa shape index (κ1) is 19.6. The standard InChI is InChI=1S/C19H18N4O4S/c1-3-28-14-9-7-13(8-10-14)11-17-21-22-19(27-17)20-18(24)15-5-4-6-16(12(15)2)23(25)26/h4-10H,3,11H2,1-2H3,(H,20,22,24). The van der Waals surface area contributed by atoms with Gasteiger partial charge in [-0.25, -0.2) is 0 Å². The molecule has 3 aromatic rings. The highest BCUT2D eigenvalue weighted by atomic mass is 32.2. The number of nitro groups is 1. The smallest absolute Gasteiger partial charge is 0.322 e. The summed E-state index contributed by atoms with van der Waals surface area (Å²) in [7, 11) is 0. The van der Waals surface area contributed by atoms with Gasteiger partial charge in [0, 0.05) is 22.1 Å². The number of benzene rings is 2. The molecule has 9 heteroatoms. The zero-order valence-corrected chi connectivity index (χ0v) is 16.2. The van der Waals surface area contributed by atoms with Crippen molar-refractivity contribution in [2.45, 2.75) is 25.2 Å². The molecule has 1 N–H and O–H groups in total. The highest BCUT2D eigenvalue weighted by Crippen LogP contribution is 2.22. The Labute approximate surface area is 165 Å². The first-order valence-electron chi connectivity index (χ1n) is 8.57.